The lowest BCUT2D eigenvalue weighted by Gasteiger charge is -2.23. The molecule has 0 radical (unpaired) electrons. The first-order valence-corrected chi connectivity index (χ1v) is 12.9. The van der Waals surface area contributed by atoms with Crippen LogP contribution < -0.4 is 14.4 Å². The fraction of sp³-hybridized carbons (Fsp3) is 0.286. The number of hydrogen-bond acceptors (Lipinski definition) is 9. The molecular formula is C28H26N2O7S. The zero-order valence-corrected chi connectivity index (χ0v) is 22.1. The SMILES string of the molecule is CCOC(=O)c1sc(N2C(=O)C(=O)C(=C(O)c3ccc4c(c3)C[C@H](C)O4)[C@H]2c2ccc(OC)cc2)nc1C. The van der Waals surface area contributed by atoms with Gasteiger partial charge in [-0.1, -0.05) is 23.5 Å². The van der Waals surface area contributed by atoms with Gasteiger partial charge in [0, 0.05) is 12.0 Å². The zero-order valence-electron chi connectivity index (χ0n) is 21.3. The summed E-state index contributed by atoms with van der Waals surface area (Å²) in [5, 5.41) is 11.6. The Bertz CT molecular complexity index is 1470. The maximum absolute atomic E-state index is 13.5. The molecule has 2 aliphatic heterocycles. The molecule has 0 unspecified atom stereocenters. The number of fused-ring (bicyclic) bond motifs is 1. The van der Waals surface area contributed by atoms with E-state index in [1.165, 1.54) is 12.0 Å². The van der Waals surface area contributed by atoms with Gasteiger partial charge in [0.15, 0.2) is 5.13 Å². The van der Waals surface area contributed by atoms with Crippen molar-refractivity contribution in [2.45, 2.75) is 39.3 Å². The average molecular weight is 535 g/mol. The van der Waals surface area contributed by atoms with Crippen LogP contribution in [0.4, 0.5) is 5.13 Å². The van der Waals surface area contributed by atoms with Crippen LogP contribution >= 0.6 is 11.3 Å². The lowest BCUT2D eigenvalue weighted by atomic mass is 9.94. The van der Waals surface area contributed by atoms with Gasteiger partial charge < -0.3 is 19.3 Å². The highest BCUT2D eigenvalue weighted by molar-refractivity contribution is 7.17. The summed E-state index contributed by atoms with van der Waals surface area (Å²) >= 11 is 0.965. The molecule has 0 aliphatic carbocycles. The third kappa shape index (κ3) is 4.30. The third-order valence-corrected chi connectivity index (χ3v) is 7.63. The summed E-state index contributed by atoms with van der Waals surface area (Å²) in [7, 11) is 1.54. The topological polar surface area (TPSA) is 115 Å². The Labute approximate surface area is 223 Å². The summed E-state index contributed by atoms with van der Waals surface area (Å²) in [5.41, 5.74) is 2.19. The molecule has 38 heavy (non-hydrogen) atoms. The van der Waals surface area contributed by atoms with Gasteiger partial charge in [0.2, 0.25) is 0 Å². The van der Waals surface area contributed by atoms with E-state index in [1.807, 2.05) is 6.92 Å². The van der Waals surface area contributed by atoms with Crippen molar-refractivity contribution in [3.63, 3.8) is 0 Å². The number of methoxy groups -OCH3 is 1. The van der Waals surface area contributed by atoms with Gasteiger partial charge in [0.05, 0.1) is 31.0 Å². The largest absolute Gasteiger partial charge is 0.507 e. The quantitative estimate of drug-likeness (QED) is 0.211. The van der Waals surface area contributed by atoms with Crippen LogP contribution in [-0.2, 0) is 20.7 Å². The van der Waals surface area contributed by atoms with Gasteiger partial charge in [-0.05, 0) is 62.2 Å². The van der Waals surface area contributed by atoms with Crippen LogP contribution in [0.5, 0.6) is 11.5 Å². The number of benzene rings is 2. The van der Waals surface area contributed by atoms with Crippen LogP contribution in [0.25, 0.3) is 5.76 Å². The molecular weight excluding hydrogens is 508 g/mol. The van der Waals surface area contributed by atoms with E-state index in [9.17, 15) is 19.5 Å². The van der Waals surface area contributed by atoms with E-state index < -0.39 is 23.7 Å². The van der Waals surface area contributed by atoms with Crippen molar-refractivity contribution in [1.29, 1.82) is 0 Å². The monoisotopic (exact) mass is 534 g/mol. The molecule has 3 aromatic rings. The molecule has 3 heterocycles. The molecule has 196 valence electrons. The lowest BCUT2D eigenvalue weighted by Crippen LogP contribution is -2.29. The minimum Gasteiger partial charge on any atom is -0.507 e. The van der Waals surface area contributed by atoms with E-state index >= 15 is 0 Å². The van der Waals surface area contributed by atoms with E-state index in [1.54, 1.807) is 56.3 Å². The summed E-state index contributed by atoms with van der Waals surface area (Å²) in [4.78, 5) is 45.2. The molecule has 10 heteroatoms. The summed E-state index contributed by atoms with van der Waals surface area (Å²) in [6.07, 6.45) is 0.677. The number of amides is 1. The Balaban J connectivity index is 1.66. The molecule has 0 saturated carbocycles. The van der Waals surface area contributed by atoms with Crippen molar-refractivity contribution in [2.24, 2.45) is 0 Å². The minimum absolute atomic E-state index is 0.00834. The predicted molar refractivity (Wildman–Crippen MR) is 141 cm³/mol. The summed E-state index contributed by atoms with van der Waals surface area (Å²) < 4.78 is 16.1. The number of anilines is 1. The number of carbonyl (C=O) groups is 3. The minimum atomic E-state index is -0.982. The Morgan fingerprint density at radius 3 is 2.63 bits per heavy atom. The fourth-order valence-electron chi connectivity index (χ4n) is 4.73. The van der Waals surface area contributed by atoms with E-state index in [-0.39, 0.29) is 34.1 Å². The van der Waals surface area contributed by atoms with Crippen LogP contribution in [0.3, 0.4) is 0 Å². The maximum Gasteiger partial charge on any atom is 0.350 e. The first-order chi connectivity index (χ1) is 18.2. The Hall–Kier alpha value is -4.18. The number of carbonyl (C=O) groups excluding carboxylic acids is 3. The van der Waals surface area contributed by atoms with Crippen molar-refractivity contribution in [2.75, 3.05) is 18.6 Å². The molecule has 1 saturated heterocycles. The van der Waals surface area contributed by atoms with Crippen LogP contribution in [-0.4, -0.2) is 47.6 Å². The Kier molecular flexibility index (Phi) is 6.66. The highest BCUT2D eigenvalue weighted by Crippen LogP contribution is 2.44. The second kappa shape index (κ2) is 9.94. The maximum atomic E-state index is 13.5. The van der Waals surface area contributed by atoms with Gasteiger partial charge in [-0.2, -0.15) is 0 Å². The van der Waals surface area contributed by atoms with Gasteiger partial charge in [0.25, 0.3) is 5.78 Å². The molecule has 1 amide bonds. The number of rotatable bonds is 6. The highest BCUT2D eigenvalue weighted by Gasteiger charge is 2.48. The number of nitrogens with zero attached hydrogens (tertiary/aromatic N) is 2. The molecule has 2 aromatic carbocycles. The van der Waals surface area contributed by atoms with Crippen molar-refractivity contribution >= 4 is 39.9 Å². The standard InChI is InChI=1S/C28H26N2O7S/c1-5-36-27(34)25-15(3)29-28(38-25)30-22(16-6-9-19(35-4)10-7-16)21(24(32)26(30)33)23(31)17-8-11-20-18(13-17)12-14(2)37-20/h6-11,13-14,22,31H,5,12H2,1-4H3/t14-,22+/m0/s1. The molecule has 2 atom stereocenters. The number of hydrogen-bond donors (Lipinski definition) is 1. The summed E-state index contributed by atoms with van der Waals surface area (Å²) in [6.45, 7) is 5.48. The number of ether oxygens (including phenoxy) is 3. The second-order valence-corrected chi connectivity index (χ2v) is 10.0. The average Bonchev–Trinajstić information content (AvgIpc) is 3.55. The van der Waals surface area contributed by atoms with Crippen molar-refractivity contribution < 1.29 is 33.7 Å². The number of thiazole rings is 1. The van der Waals surface area contributed by atoms with Crippen LogP contribution in [0.1, 0.15) is 51.9 Å². The number of aliphatic hydroxyl groups is 1. The molecule has 1 fully saturated rings. The Morgan fingerprint density at radius 2 is 1.95 bits per heavy atom. The first kappa shape index (κ1) is 25.5. The molecule has 0 spiro atoms. The van der Waals surface area contributed by atoms with E-state index in [0.717, 1.165) is 22.6 Å². The lowest BCUT2D eigenvalue weighted by molar-refractivity contribution is -0.132. The van der Waals surface area contributed by atoms with Crippen molar-refractivity contribution in [3.8, 4) is 11.5 Å². The predicted octanol–water partition coefficient (Wildman–Crippen LogP) is 4.59. The molecule has 1 N–H and O–H groups in total. The summed E-state index contributed by atoms with van der Waals surface area (Å²) in [6, 6.07) is 11.1. The third-order valence-electron chi connectivity index (χ3n) is 6.50. The molecule has 5 rings (SSSR count). The normalized spacial score (nSPS) is 19.8. The highest BCUT2D eigenvalue weighted by atomic mass is 32.1. The van der Waals surface area contributed by atoms with Gasteiger partial charge in [0.1, 0.15) is 28.2 Å². The van der Waals surface area contributed by atoms with Gasteiger partial charge in [-0.15, -0.1) is 0 Å². The van der Waals surface area contributed by atoms with E-state index in [2.05, 4.69) is 4.98 Å². The van der Waals surface area contributed by atoms with Gasteiger partial charge in [-0.25, -0.2) is 9.78 Å². The van der Waals surface area contributed by atoms with Crippen molar-refractivity contribution in [3.05, 3.63) is 75.3 Å². The fourth-order valence-corrected chi connectivity index (χ4v) is 5.71. The number of esters is 1. The molecule has 1 aromatic heterocycles. The van der Waals surface area contributed by atoms with Crippen LogP contribution in [0.15, 0.2) is 48.0 Å². The number of ketones is 1. The van der Waals surface area contributed by atoms with Gasteiger partial charge in [-0.3, -0.25) is 14.5 Å². The van der Waals surface area contributed by atoms with Crippen LogP contribution in [0.2, 0.25) is 0 Å². The Morgan fingerprint density at radius 1 is 1.21 bits per heavy atom. The second-order valence-electron chi connectivity index (χ2n) is 9.03. The van der Waals surface area contributed by atoms with Crippen molar-refractivity contribution in [1.82, 2.24) is 4.98 Å². The first-order valence-electron chi connectivity index (χ1n) is 12.1. The number of aryl methyl sites for hydroxylation is 1. The number of Topliss-reactive ketones (excluding diaryl/α,β-unsaturated/α-hetero) is 1. The molecule has 2 aliphatic rings. The molecule has 9 nitrogen and oxygen atoms in total. The van der Waals surface area contributed by atoms with E-state index in [0.29, 0.717) is 29.0 Å². The zero-order chi connectivity index (χ0) is 27.1. The molecule has 0 bridgehead atoms. The van der Waals surface area contributed by atoms with Crippen LogP contribution in [0, 0.1) is 6.92 Å². The van der Waals surface area contributed by atoms with E-state index in [4.69, 9.17) is 14.2 Å². The number of aromatic nitrogens is 1. The smallest absolute Gasteiger partial charge is 0.350 e. The number of aliphatic hydroxyl groups excluding tert-OH is 1. The summed E-state index contributed by atoms with van der Waals surface area (Å²) in [5.74, 6) is -1.23. The van der Waals surface area contributed by atoms with Gasteiger partial charge >= 0.3 is 11.9 Å².